The number of rotatable bonds is 12. The van der Waals surface area contributed by atoms with Crippen LogP contribution in [-0.4, -0.2) is 80.1 Å². The number of aromatic nitrogens is 1. The number of carboxylic acid groups (broad SMARTS) is 1. The highest BCUT2D eigenvalue weighted by Crippen LogP contribution is 2.39. The van der Waals surface area contributed by atoms with Crippen LogP contribution in [0.2, 0.25) is 10.0 Å². The van der Waals surface area contributed by atoms with Crippen molar-refractivity contribution in [3.05, 3.63) is 87.2 Å². The molecule has 3 N–H and O–H groups in total. The van der Waals surface area contributed by atoms with Crippen molar-refractivity contribution < 1.29 is 24.2 Å². The molecular weight excluding hydrogens is 555 g/mol. The molecule has 40 heavy (non-hydrogen) atoms. The molecule has 0 radical (unpaired) electrons. The maximum absolute atomic E-state index is 12.5. The van der Waals surface area contributed by atoms with Gasteiger partial charge in [-0.1, -0.05) is 53.5 Å². The number of carbonyl (C=O) groups is 2. The van der Waals surface area contributed by atoms with Crippen molar-refractivity contribution in [3.63, 3.8) is 0 Å². The fraction of sp³-hybridized carbons (Fsp3) is 0.345. The Morgan fingerprint density at radius 3 is 2.45 bits per heavy atom. The van der Waals surface area contributed by atoms with Crippen molar-refractivity contribution in [1.82, 2.24) is 20.5 Å². The summed E-state index contributed by atoms with van der Waals surface area (Å²) in [6.07, 6.45) is 0.621. The molecule has 1 aliphatic rings. The van der Waals surface area contributed by atoms with Gasteiger partial charge in [-0.2, -0.15) is 0 Å². The van der Waals surface area contributed by atoms with E-state index in [0.717, 1.165) is 40.9 Å². The number of pyridine rings is 1. The first-order chi connectivity index (χ1) is 19.3. The van der Waals surface area contributed by atoms with Gasteiger partial charge in [0, 0.05) is 53.9 Å². The molecule has 2 amide bonds. The van der Waals surface area contributed by atoms with Crippen LogP contribution in [0, 0.1) is 0 Å². The topological polar surface area (TPSA) is 113 Å². The first kappa shape index (κ1) is 29.8. The number of nitrogens with zero attached hydrogens (tertiary/aromatic N) is 2. The molecule has 0 aliphatic carbocycles. The van der Waals surface area contributed by atoms with Crippen molar-refractivity contribution >= 4 is 35.2 Å². The average molecular weight is 588 g/mol. The first-order valence-electron chi connectivity index (χ1n) is 12.9. The molecule has 0 saturated heterocycles. The molecule has 0 saturated carbocycles. The van der Waals surface area contributed by atoms with Gasteiger partial charge in [0.25, 0.3) is 5.91 Å². The summed E-state index contributed by atoms with van der Waals surface area (Å²) in [7, 11) is 2.09. The van der Waals surface area contributed by atoms with Gasteiger partial charge in [0.2, 0.25) is 0 Å². The van der Waals surface area contributed by atoms with E-state index in [2.05, 4.69) is 39.7 Å². The Hall–Kier alpha value is -3.21. The van der Waals surface area contributed by atoms with Crippen LogP contribution in [0.4, 0.5) is 4.79 Å². The second-order valence-corrected chi connectivity index (χ2v) is 10.3. The molecule has 4 rings (SSSR count). The molecule has 212 valence electrons. The molecule has 2 aromatic carbocycles. The predicted molar refractivity (Wildman–Crippen MR) is 154 cm³/mol. The van der Waals surface area contributed by atoms with E-state index >= 15 is 0 Å². The number of nitrogens with one attached hydrogen (secondary N) is 2. The van der Waals surface area contributed by atoms with Crippen LogP contribution in [0.1, 0.15) is 33.1 Å². The summed E-state index contributed by atoms with van der Waals surface area (Å²) in [5.74, 6) is -0.152. The molecule has 2 heterocycles. The van der Waals surface area contributed by atoms with Crippen LogP contribution in [0.3, 0.4) is 0 Å². The first-order valence-corrected chi connectivity index (χ1v) is 13.7. The second kappa shape index (κ2) is 14.4. The SMILES string of the molecule is CN1Cc2c(Cl)cc(Cl)cc2[C@H](c2cccc(-c3ccc(C(=O)NCCOCCOCCNC(=O)O)nc3)c2)C1. The van der Waals surface area contributed by atoms with E-state index in [1.807, 2.05) is 24.3 Å². The Kier molecular flexibility index (Phi) is 10.7. The van der Waals surface area contributed by atoms with Gasteiger partial charge in [-0.15, -0.1) is 0 Å². The van der Waals surface area contributed by atoms with Crippen molar-refractivity contribution in [2.24, 2.45) is 0 Å². The smallest absolute Gasteiger partial charge is 0.404 e. The zero-order chi connectivity index (χ0) is 28.5. The number of fused-ring (bicyclic) bond motifs is 1. The average Bonchev–Trinajstić information content (AvgIpc) is 2.94. The molecule has 1 aromatic heterocycles. The zero-order valence-corrected chi connectivity index (χ0v) is 23.7. The Morgan fingerprint density at radius 2 is 1.75 bits per heavy atom. The zero-order valence-electron chi connectivity index (χ0n) is 22.2. The predicted octanol–water partition coefficient (Wildman–Crippen LogP) is 4.66. The lowest BCUT2D eigenvalue weighted by atomic mass is 9.84. The van der Waals surface area contributed by atoms with Gasteiger partial charge in [0.1, 0.15) is 5.69 Å². The minimum Gasteiger partial charge on any atom is -0.465 e. The molecule has 0 unspecified atom stereocenters. The fourth-order valence-corrected chi connectivity index (χ4v) is 5.21. The van der Waals surface area contributed by atoms with Crippen LogP contribution in [-0.2, 0) is 16.0 Å². The van der Waals surface area contributed by atoms with Gasteiger partial charge in [0.05, 0.1) is 26.4 Å². The number of halogens is 2. The summed E-state index contributed by atoms with van der Waals surface area (Å²) in [6, 6.07) is 15.8. The van der Waals surface area contributed by atoms with Crippen molar-refractivity contribution in [3.8, 4) is 11.1 Å². The van der Waals surface area contributed by atoms with Crippen LogP contribution in [0.15, 0.2) is 54.7 Å². The molecule has 1 aliphatic heterocycles. The highest BCUT2D eigenvalue weighted by atomic mass is 35.5. The fourth-order valence-electron chi connectivity index (χ4n) is 4.64. The van der Waals surface area contributed by atoms with E-state index in [1.54, 1.807) is 18.3 Å². The number of likely N-dealkylation sites (N-methyl/N-ethyl adjacent to an activating group) is 1. The van der Waals surface area contributed by atoms with Gasteiger partial charge in [-0.25, -0.2) is 4.79 Å². The van der Waals surface area contributed by atoms with Gasteiger partial charge in [-0.3, -0.25) is 9.78 Å². The number of ether oxygens (including phenoxy) is 2. The van der Waals surface area contributed by atoms with Crippen molar-refractivity contribution in [1.29, 1.82) is 0 Å². The van der Waals surface area contributed by atoms with E-state index < -0.39 is 6.09 Å². The third kappa shape index (κ3) is 8.16. The molecule has 9 nitrogen and oxygen atoms in total. The molecule has 0 fully saturated rings. The number of amides is 2. The number of carbonyl (C=O) groups excluding carboxylic acids is 1. The highest BCUT2D eigenvalue weighted by Gasteiger charge is 2.27. The summed E-state index contributed by atoms with van der Waals surface area (Å²) < 4.78 is 10.7. The molecular formula is C29H32Cl2N4O5. The molecule has 0 spiro atoms. The Balaban J connectivity index is 1.30. The Labute approximate surface area is 243 Å². The maximum Gasteiger partial charge on any atom is 0.404 e. The maximum atomic E-state index is 12.5. The second-order valence-electron chi connectivity index (χ2n) is 9.47. The van der Waals surface area contributed by atoms with Gasteiger partial charge in [0.15, 0.2) is 0 Å². The van der Waals surface area contributed by atoms with Crippen molar-refractivity contribution in [2.75, 3.05) is 53.1 Å². The minimum atomic E-state index is -1.08. The summed E-state index contributed by atoms with van der Waals surface area (Å²) in [5.41, 5.74) is 5.66. The highest BCUT2D eigenvalue weighted by molar-refractivity contribution is 6.35. The number of benzene rings is 2. The standard InChI is InChI=1S/C29H32Cl2N4O5/c1-35-17-24(23-14-22(30)15-26(31)25(23)18-35)20-4-2-3-19(13-20)21-5-6-27(34-16-21)28(36)32-7-9-39-11-12-40-10-8-33-29(37)38/h2-6,13-16,24,33H,7-12,17-18H2,1H3,(H,32,36)(H,37,38)/t24-/m0/s1. The van der Waals surface area contributed by atoms with Crippen LogP contribution in [0.5, 0.6) is 0 Å². The third-order valence-electron chi connectivity index (χ3n) is 6.54. The van der Waals surface area contributed by atoms with Gasteiger partial charge < -0.3 is 30.1 Å². The van der Waals surface area contributed by atoms with E-state index in [1.165, 1.54) is 0 Å². The van der Waals surface area contributed by atoms with Crippen LogP contribution in [0.25, 0.3) is 11.1 Å². The summed E-state index contributed by atoms with van der Waals surface area (Å²) in [4.78, 5) is 29.5. The van der Waals surface area contributed by atoms with Crippen LogP contribution >= 0.6 is 23.2 Å². The van der Waals surface area contributed by atoms with E-state index in [-0.39, 0.29) is 25.0 Å². The summed E-state index contributed by atoms with van der Waals surface area (Å²) in [6.45, 7) is 3.46. The quantitative estimate of drug-likeness (QED) is 0.264. The minimum absolute atomic E-state index is 0.130. The summed E-state index contributed by atoms with van der Waals surface area (Å²) in [5, 5.41) is 14.8. The van der Waals surface area contributed by atoms with E-state index in [4.69, 9.17) is 37.8 Å². The lowest BCUT2D eigenvalue weighted by molar-refractivity contribution is 0.0492. The lowest BCUT2D eigenvalue weighted by Crippen LogP contribution is -2.31. The summed E-state index contributed by atoms with van der Waals surface area (Å²) >= 11 is 12.9. The largest absolute Gasteiger partial charge is 0.465 e. The van der Waals surface area contributed by atoms with E-state index in [0.29, 0.717) is 42.1 Å². The van der Waals surface area contributed by atoms with Gasteiger partial charge >= 0.3 is 6.09 Å². The van der Waals surface area contributed by atoms with Crippen LogP contribution < -0.4 is 10.6 Å². The Bertz CT molecular complexity index is 1320. The normalized spacial score (nSPS) is 14.9. The lowest BCUT2D eigenvalue weighted by Gasteiger charge is -2.33. The monoisotopic (exact) mass is 586 g/mol. The third-order valence-corrected chi connectivity index (χ3v) is 7.09. The molecule has 11 heteroatoms. The molecule has 0 bridgehead atoms. The number of hydrogen-bond acceptors (Lipinski definition) is 6. The van der Waals surface area contributed by atoms with Crippen molar-refractivity contribution in [2.45, 2.75) is 12.5 Å². The van der Waals surface area contributed by atoms with Gasteiger partial charge in [-0.05, 0) is 47.5 Å². The van der Waals surface area contributed by atoms with E-state index in [9.17, 15) is 9.59 Å². The number of hydrogen-bond donors (Lipinski definition) is 3. The Morgan fingerprint density at radius 1 is 1.00 bits per heavy atom. The molecule has 3 aromatic rings. The molecule has 1 atom stereocenters.